The van der Waals surface area contributed by atoms with Crippen molar-refractivity contribution in [1.29, 1.82) is 0 Å². The van der Waals surface area contributed by atoms with Crippen molar-refractivity contribution in [2.75, 3.05) is 19.4 Å². The number of aromatic nitrogens is 2. The Balaban J connectivity index is 1.46. The number of benzene rings is 2. The second-order valence-corrected chi connectivity index (χ2v) is 8.76. The Labute approximate surface area is 156 Å². The maximum Gasteiger partial charge on any atom is 0.175 e. The van der Waals surface area contributed by atoms with Gasteiger partial charge in [-0.1, -0.05) is 12.1 Å². The summed E-state index contributed by atoms with van der Waals surface area (Å²) in [4.78, 5) is 4.79. The third-order valence-corrected chi connectivity index (χ3v) is 5.82. The summed E-state index contributed by atoms with van der Waals surface area (Å²) < 4.78 is 44.3. The van der Waals surface area contributed by atoms with Gasteiger partial charge in [-0.2, -0.15) is 0 Å². The van der Waals surface area contributed by atoms with E-state index in [1.807, 2.05) is 12.1 Å². The second kappa shape index (κ2) is 7.03. The molecule has 1 unspecified atom stereocenters. The molecule has 8 heteroatoms. The van der Waals surface area contributed by atoms with Gasteiger partial charge in [0.1, 0.15) is 18.2 Å². The summed E-state index contributed by atoms with van der Waals surface area (Å²) in [5.74, 6) is 0.497. The van der Waals surface area contributed by atoms with Gasteiger partial charge in [0.05, 0.1) is 28.6 Å². The predicted octanol–water partition coefficient (Wildman–Crippen LogP) is 2.44. The Morgan fingerprint density at radius 3 is 2.78 bits per heavy atom. The van der Waals surface area contributed by atoms with Crippen LogP contribution in [0.1, 0.15) is 17.4 Å². The van der Waals surface area contributed by atoms with E-state index in [1.54, 1.807) is 18.2 Å². The van der Waals surface area contributed by atoms with Crippen LogP contribution in [0.25, 0.3) is 11.0 Å². The minimum absolute atomic E-state index is 0.0551. The average Bonchev–Trinajstić information content (AvgIpc) is 2.99. The summed E-state index contributed by atoms with van der Waals surface area (Å²) in [6.45, 7) is 2.23. The number of halogens is 1. The summed E-state index contributed by atoms with van der Waals surface area (Å²) in [5, 5.41) is 3.38. The zero-order chi connectivity index (χ0) is 19.0. The lowest BCUT2D eigenvalue weighted by Crippen LogP contribution is -2.32. The molecule has 0 saturated carbocycles. The summed E-state index contributed by atoms with van der Waals surface area (Å²) in [7, 11) is -3.18. The molecule has 1 aliphatic rings. The van der Waals surface area contributed by atoms with Gasteiger partial charge in [0.15, 0.2) is 9.84 Å². The van der Waals surface area contributed by atoms with Crippen molar-refractivity contribution in [1.82, 2.24) is 14.9 Å². The first-order chi connectivity index (χ1) is 12.9. The van der Waals surface area contributed by atoms with Crippen molar-refractivity contribution in [3.05, 3.63) is 59.7 Å². The topological polar surface area (TPSA) is 73.2 Å². The highest BCUT2D eigenvalue weighted by molar-refractivity contribution is 7.90. The number of rotatable bonds is 5. The molecular formula is C19H20FN3O3S. The number of hydrogen-bond donors (Lipinski definition) is 1. The van der Waals surface area contributed by atoms with Gasteiger partial charge in [-0.25, -0.2) is 17.8 Å². The Hall–Kier alpha value is -2.29. The number of ether oxygens (including phenoxy) is 1. The van der Waals surface area contributed by atoms with Crippen LogP contribution in [0.5, 0.6) is 0 Å². The van der Waals surface area contributed by atoms with Gasteiger partial charge in [-0.05, 0) is 29.8 Å². The lowest BCUT2D eigenvalue weighted by Gasteiger charge is -2.26. The van der Waals surface area contributed by atoms with Crippen molar-refractivity contribution in [3.8, 4) is 0 Å². The zero-order valence-corrected chi connectivity index (χ0v) is 15.7. The Kier molecular flexibility index (Phi) is 4.71. The first kappa shape index (κ1) is 18.1. The standard InChI is InChI=1S/C19H20FN3O3S/c1-27(24,25)16-5-2-13(3-6-16)9-21-10-15-11-26-12-19-22-17-8-14(20)4-7-18(17)23(15)19/h2-8,15,21H,9-12H2,1H3. The molecular weight excluding hydrogens is 369 g/mol. The molecule has 0 bridgehead atoms. The molecule has 0 aliphatic carbocycles. The molecule has 27 heavy (non-hydrogen) atoms. The lowest BCUT2D eigenvalue weighted by molar-refractivity contribution is 0.0564. The minimum Gasteiger partial charge on any atom is -0.371 e. The Bertz CT molecular complexity index is 1080. The minimum atomic E-state index is -3.18. The molecule has 1 atom stereocenters. The van der Waals surface area contributed by atoms with Crippen molar-refractivity contribution in [2.24, 2.45) is 0 Å². The van der Waals surface area contributed by atoms with Crippen LogP contribution in [0.2, 0.25) is 0 Å². The van der Waals surface area contributed by atoms with Crippen molar-refractivity contribution in [3.63, 3.8) is 0 Å². The summed E-state index contributed by atoms with van der Waals surface area (Å²) >= 11 is 0. The number of sulfone groups is 1. The largest absolute Gasteiger partial charge is 0.371 e. The molecule has 2 aromatic carbocycles. The summed E-state index contributed by atoms with van der Waals surface area (Å²) in [6, 6.07) is 11.5. The quantitative estimate of drug-likeness (QED) is 0.726. The molecule has 0 saturated heterocycles. The number of nitrogens with zero attached hydrogens (tertiary/aromatic N) is 2. The third kappa shape index (κ3) is 3.73. The van der Waals surface area contributed by atoms with E-state index in [4.69, 9.17) is 4.74 Å². The molecule has 0 fully saturated rings. The van der Waals surface area contributed by atoms with E-state index in [0.717, 1.165) is 16.9 Å². The average molecular weight is 389 g/mol. The van der Waals surface area contributed by atoms with Crippen molar-refractivity contribution in [2.45, 2.75) is 24.1 Å². The van der Waals surface area contributed by atoms with E-state index >= 15 is 0 Å². The van der Waals surface area contributed by atoms with Gasteiger partial charge in [0.2, 0.25) is 0 Å². The van der Waals surface area contributed by atoms with E-state index in [0.29, 0.717) is 36.7 Å². The maximum absolute atomic E-state index is 13.5. The highest BCUT2D eigenvalue weighted by atomic mass is 32.2. The molecule has 0 spiro atoms. The van der Waals surface area contributed by atoms with Crippen LogP contribution in [-0.4, -0.2) is 37.4 Å². The van der Waals surface area contributed by atoms with E-state index < -0.39 is 9.84 Å². The van der Waals surface area contributed by atoms with Gasteiger partial charge in [0, 0.05) is 25.4 Å². The first-order valence-corrected chi connectivity index (χ1v) is 10.5. The molecule has 0 amide bonds. The molecule has 1 aliphatic heterocycles. The number of fused-ring (bicyclic) bond motifs is 3. The van der Waals surface area contributed by atoms with Crippen LogP contribution in [0.4, 0.5) is 4.39 Å². The fourth-order valence-corrected chi connectivity index (χ4v) is 4.01. The highest BCUT2D eigenvalue weighted by Gasteiger charge is 2.23. The van der Waals surface area contributed by atoms with E-state index in [9.17, 15) is 12.8 Å². The molecule has 1 N–H and O–H groups in total. The molecule has 1 aromatic heterocycles. The van der Waals surface area contributed by atoms with Crippen LogP contribution in [0, 0.1) is 5.82 Å². The van der Waals surface area contributed by atoms with Gasteiger partial charge in [-0.15, -0.1) is 0 Å². The smallest absolute Gasteiger partial charge is 0.175 e. The molecule has 142 valence electrons. The van der Waals surface area contributed by atoms with Crippen LogP contribution >= 0.6 is 0 Å². The molecule has 4 rings (SSSR count). The number of hydrogen-bond acceptors (Lipinski definition) is 5. The monoisotopic (exact) mass is 389 g/mol. The molecule has 3 aromatic rings. The molecule has 2 heterocycles. The van der Waals surface area contributed by atoms with E-state index in [2.05, 4.69) is 14.9 Å². The zero-order valence-electron chi connectivity index (χ0n) is 14.9. The van der Waals surface area contributed by atoms with E-state index in [-0.39, 0.29) is 11.9 Å². The number of imidazole rings is 1. The maximum atomic E-state index is 13.5. The Morgan fingerprint density at radius 1 is 1.26 bits per heavy atom. The number of nitrogens with one attached hydrogen (secondary N) is 1. The van der Waals surface area contributed by atoms with E-state index in [1.165, 1.54) is 18.4 Å². The van der Waals surface area contributed by atoms with Crippen LogP contribution in [-0.2, 0) is 27.7 Å². The molecule has 6 nitrogen and oxygen atoms in total. The summed E-state index contributed by atoms with van der Waals surface area (Å²) in [6.07, 6.45) is 1.20. The van der Waals surface area contributed by atoms with Crippen molar-refractivity contribution < 1.29 is 17.5 Å². The highest BCUT2D eigenvalue weighted by Crippen LogP contribution is 2.26. The van der Waals surface area contributed by atoms with Gasteiger partial charge in [0.25, 0.3) is 0 Å². The predicted molar refractivity (Wildman–Crippen MR) is 99.6 cm³/mol. The first-order valence-electron chi connectivity index (χ1n) is 8.65. The summed E-state index contributed by atoms with van der Waals surface area (Å²) in [5.41, 5.74) is 2.53. The van der Waals surface area contributed by atoms with Crippen LogP contribution in [0.3, 0.4) is 0 Å². The molecule has 0 radical (unpaired) electrons. The van der Waals surface area contributed by atoms with Crippen LogP contribution in [0.15, 0.2) is 47.4 Å². The van der Waals surface area contributed by atoms with Crippen molar-refractivity contribution >= 4 is 20.9 Å². The van der Waals surface area contributed by atoms with Gasteiger partial charge < -0.3 is 14.6 Å². The van der Waals surface area contributed by atoms with Crippen LogP contribution < -0.4 is 5.32 Å². The lowest BCUT2D eigenvalue weighted by atomic mass is 10.2. The fourth-order valence-electron chi connectivity index (χ4n) is 3.38. The second-order valence-electron chi connectivity index (χ2n) is 6.75. The fraction of sp³-hybridized carbons (Fsp3) is 0.316. The van der Waals surface area contributed by atoms with Gasteiger partial charge >= 0.3 is 0 Å². The third-order valence-electron chi connectivity index (χ3n) is 4.69. The normalized spacial score (nSPS) is 17.2. The van der Waals surface area contributed by atoms with Gasteiger partial charge in [-0.3, -0.25) is 0 Å². The SMILES string of the molecule is CS(=O)(=O)c1ccc(CNCC2COCc3nc4cc(F)ccc4n32)cc1. The Morgan fingerprint density at radius 2 is 2.04 bits per heavy atom.